The standard InChI is InChI=1S/C12H6Cl2N4/c13-11-16-10(17-12(14)18-11)8-4-3-7-2-1-5-15-9(7)6-8/h1-6H. The second-order valence-corrected chi connectivity index (χ2v) is 4.28. The first kappa shape index (κ1) is 11.3. The molecule has 1 aromatic carbocycles. The first-order valence-corrected chi connectivity index (χ1v) is 5.90. The summed E-state index contributed by atoms with van der Waals surface area (Å²) in [6.07, 6.45) is 1.74. The van der Waals surface area contributed by atoms with Gasteiger partial charge in [0.1, 0.15) is 0 Å². The van der Waals surface area contributed by atoms with Crippen LogP contribution in [-0.4, -0.2) is 19.9 Å². The van der Waals surface area contributed by atoms with E-state index in [1.165, 1.54) is 0 Å². The first-order chi connectivity index (χ1) is 8.72. The zero-order valence-electron chi connectivity index (χ0n) is 9.01. The summed E-state index contributed by atoms with van der Waals surface area (Å²) in [5.41, 5.74) is 1.66. The fraction of sp³-hybridized carbons (Fsp3) is 0. The quantitative estimate of drug-likeness (QED) is 0.684. The van der Waals surface area contributed by atoms with Gasteiger partial charge in [-0.3, -0.25) is 4.98 Å². The predicted octanol–water partition coefficient (Wildman–Crippen LogP) is 3.39. The highest BCUT2D eigenvalue weighted by Gasteiger charge is 2.07. The lowest BCUT2D eigenvalue weighted by Gasteiger charge is -2.02. The number of hydrogen-bond donors (Lipinski definition) is 0. The summed E-state index contributed by atoms with van der Waals surface area (Å²) in [5.74, 6) is 0.438. The van der Waals surface area contributed by atoms with Crippen LogP contribution in [0.3, 0.4) is 0 Å². The van der Waals surface area contributed by atoms with Crippen LogP contribution < -0.4 is 0 Å². The molecule has 2 aromatic heterocycles. The normalized spacial score (nSPS) is 10.8. The lowest BCUT2D eigenvalue weighted by atomic mass is 10.1. The molecular formula is C12H6Cl2N4. The van der Waals surface area contributed by atoms with Gasteiger partial charge in [0.25, 0.3) is 0 Å². The van der Waals surface area contributed by atoms with Gasteiger partial charge in [-0.25, -0.2) is 0 Å². The summed E-state index contributed by atoms with van der Waals surface area (Å²) >= 11 is 11.5. The SMILES string of the molecule is Clc1nc(Cl)nc(-c2ccc3cccnc3c2)n1. The van der Waals surface area contributed by atoms with Crippen LogP contribution in [0.4, 0.5) is 0 Å². The average Bonchev–Trinajstić information content (AvgIpc) is 2.37. The van der Waals surface area contributed by atoms with Crippen molar-refractivity contribution in [2.45, 2.75) is 0 Å². The van der Waals surface area contributed by atoms with E-state index in [0.717, 1.165) is 16.5 Å². The van der Waals surface area contributed by atoms with Crippen LogP contribution in [0.1, 0.15) is 0 Å². The van der Waals surface area contributed by atoms with E-state index in [4.69, 9.17) is 23.2 Å². The topological polar surface area (TPSA) is 51.6 Å². The number of hydrogen-bond acceptors (Lipinski definition) is 4. The summed E-state index contributed by atoms with van der Waals surface area (Å²) in [4.78, 5) is 16.1. The van der Waals surface area contributed by atoms with Crippen LogP contribution in [0.2, 0.25) is 10.6 Å². The van der Waals surface area contributed by atoms with E-state index in [1.54, 1.807) is 6.20 Å². The summed E-state index contributed by atoms with van der Waals surface area (Å²) in [7, 11) is 0. The molecule has 0 spiro atoms. The molecule has 2 heterocycles. The van der Waals surface area contributed by atoms with E-state index in [2.05, 4.69) is 19.9 Å². The number of pyridine rings is 1. The van der Waals surface area contributed by atoms with Crippen molar-refractivity contribution >= 4 is 34.1 Å². The molecule has 0 aliphatic carbocycles. The van der Waals surface area contributed by atoms with E-state index < -0.39 is 0 Å². The minimum atomic E-state index is 0.0751. The van der Waals surface area contributed by atoms with Gasteiger partial charge in [-0.1, -0.05) is 18.2 Å². The number of halogens is 2. The molecule has 3 rings (SSSR count). The Morgan fingerprint density at radius 2 is 1.67 bits per heavy atom. The lowest BCUT2D eigenvalue weighted by Crippen LogP contribution is -1.93. The fourth-order valence-electron chi connectivity index (χ4n) is 1.66. The van der Waals surface area contributed by atoms with Crippen LogP contribution in [0, 0.1) is 0 Å². The van der Waals surface area contributed by atoms with Crippen molar-refractivity contribution in [1.29, 1.82) is 0 Å². The summed E-state index contributed by atoms with van der Waals surface area (Å²) in [6.45, 7) is 0. The van der Waals surface area contributed by atoms with Crippen molar-refractivity contribution < 1.29 is 0 Å². The Balaban J connectivity index is 2.19. The van der Waals surface area contributed by atoms with Crippen molar-refractivity contribution in [3.05, 3.63) is 47.1 Å². The molecule has 4 nitrogen and oxygen atoms in total. The number of nitrogens with zero attached hydrogens (tertiary/aromatic N) is 4. The molecule has 0 bridgehead atoms. The molecule has 0 atom stereocenters. The molecule has 0 saturated carbocycles. The fourth-order valence-corrected chi connectivity index (χ4v) is 2.02. The number of benzene rings is 1. The van der Waals surface area contributed by atoms with Gasteiger partial charge in [0, 0.05) is 17.1 Å². The predicted molar refractivity (Wildman–Crippen MR) is 70.6 cm³/mol. The molecule has 0 amide bonds. The van der Waals surface area contributed by atoms with Gasteiger partial charge in [0.05, 0.1) is 5.52 Å². The van der Waals surface area contributed by atoms with Gasteiger partial charge >= 0.3 is 0 Å². The average molecular weight is 277 g/mol. The van der Waals surface area contributed by atoms with E-state index in [-0.39, 0.29) is 10.6 Å². The molecule has 0 unspecified atom stereocenters. The summed E-state index contributed by atoms with van der Waals surface area (Å²) in [5, 5.41) is 1.20. The Labute approximate surface area is 113 Å². The molecule has 0 aliphatic rings. The number of aromatic nitrogens is 4. The van der Waals surface area contributed by atoms with Crippen molar-refractivity contribution in [2.24, 2.45) is 0 Å². The third-order valence-corrected chi connectivity index (χ3v) is 2.78. The minimum Gasteiger partial charge on any atom is -0.256 e. The van der Waals surface area contributed by atoms with Crippen molar-refractivity contribution in [2.75, 3.05) is 0 Å². The highest BCUT2D eigenvalue weighted by Crippen LogP contribution is 2.22. The zero-order chi connectivity index (χ0) is 12.5. The van der Waals surface area contributed by atoms with Crippen LogP contribution in [0.5, 0.6) is 0 Å². The van der Waals surface area contributed by atoms with Gasteiger partial charge in [-0.05, 0) is 35.3 Å². The highest BCUT2D eigenvalue weighted by molar-refractivity contribution is 6.31. The van der Waals surface area contributed by atoms with Gasteiger partial charge in [-0.2, -0.15) is 15.0 Å². The van der Waals surface area contributed by atoms with Crippen LogP contribution >= 0.6 is 23.2 Å². The van der Waals surface area contributed by atoms with Gasteiger partial charge < -0.3 is 0 Å². The molecule has 0 saturated heterocycles. The molecule has 0 radical (unpaired) electrons. The van der Waals surface area contributed by atoms with Crippen molar-refractivity contribution in [3.63, 3.8) is 0 Å². The third-order valence-electron chi connectivity index (χ3n) is 2.44. The maximum absolute atomic E-state index is 5.76. The van der Waals surface area contributed by atoms with Crippen LogP contribution in [-0.2, 0) is 0 Å². The van der Waals surface area contributed by atoms with Gasteiger partial charge in [-0.15, -0.1) is 0 Å². The largest absolute Gasteiger partial charge is 0.256 e. The Hall–Kier alpha value is -1.78. The molecule has 0 aliphatic heterocycles. The van der Waals surface area contributed by atoms with E-state index in [9.17, 15) is 0 Å². The molecular weight excluding hydrogens is 271 g/mol. The smallest absolute Gasteiger partial charge is 0.227 e. The van der Waals surface area contributed by atoms with Gasteiger partial charge in [0.2, 0.25) is 10.6 Å². The first-order valence-electron chi connectivity index (χ1n) is 5.14. The Morgan fingerprint density at radius 1 is 0.889 bits per heavy atom. The summed E-state index contributed by atoms with van der Waals surface area (Å²) < 4.78 is 0. The molecule has 18 heavy (non-hydrogen) atoms. The minimum absolute atomic E-state index is 0.0751. The maximum atomic E-state index is 5.76. The van der Waals surface area contributed by atoms with Crippen molar-refractivity contribution in [3.8, 4) is 11.4 Å². The van der Waals surface area contributed by atoms with Crippen molar-refractivity contribution in [1.82, 2.24) is 19.9 Å². The highest BCUT2D eigenvalue weighted by atomic mass is 35.5. The van der Waals surface area contributed by atoms with Crippen LogP contribution in [0.15, 0.2) is 36.5 Å². The molecule has 88 valence electrons. The zero-order valence-corrected chi connectivity index (χ0v) is 10.5. The molecule has 3 aromatic rings. The monoisotopic (exact) mass is 276 g/mol. The third kappa shape index (κ3) is 2.12. The number of fused-ring (bicyclic) bond motifs is 1. The Morgan fingerprint density at radius 3 is 2.44 bits per heavy atom. The Bertz CT molecular complexity index is 710. The second kappa shape index (κ2) is 4.48. The summed E-state index contributed by atoms with van der Waals surface area (Å²) in [6, 6.07) is 9.60. The maximum Gasteiger partial charge on any atom is 0.227 e. The molecule has 6 heteroatoms. The molecule has 0 fully saturated rings. The lowest BCUT2D eigenvalue weighted by molar-refractivity contribution is 1.06. The van der Waals surface area contributed by atoms with E-state index in [1.807, 2.05) is 30.3 Å². The second-order valence-electron chi connectivity index (χ2n) is 3.61. The van der Waals surface area contributed by atoms with E-state index >= 15 is 0 Å². The van der Waals surface area contributed by atoms with E-state index in [0.29, 0.717) is 5.82 Å². The Kier molecular flexibility index (Phi) is 2.81. The van der Waals surface area contributed by atoms with Gasteiger partial charge in [0.15, 0.2) is 5.82 Å². The van der Waals surface area contributed by atoms with Crippen LogP contribution in [0.25, 0.3) is 22.3 Å². The number of rotatable bonds is 1. The molecule has 0 N–H and O–H groups in total.